The summed E-state index contributed by atoms with van der Waals surface area (Å²) in [5.41, 5.74) is 4.09. The third kappa shape index (κ3) is 10.6. The number of hydrogen-bond acceptors (Lipinski definition) is 11. The Bertz CT molecular complexity index is 2430. The molecule has 366 valence electrons. The summed E-state index contributed by atoms with van der Waals surface area (Å²) in [6.07, 6.45) is 18.0. The first-order valence-electron chi connectivity index (χ1n) is 25.3. The van der Waals surface area contributed by atoms with Gasteiger partial charge < -0.3 is 23.8 Å². The lowest BCUT2D eigenvalue weighted by Crippen LogP contribution is -2.66. The number of ketones is 1. The van der Waals surface area contributed by atoms with Crippen LogP contribution in [0.4, 0.5) is 16.2 Å². The van der Waals surface area contributed by atoms with Gasteiger partial charge in [0, 0.05) is 68.6 Å². The van der Waals surface area contributed by atoms with Crippen LogP contribution in [0.15, 0.2) is 96.0 Å². The third-order valence-electron chi connectivity index (χ3n) is 15.2. The Morgan fingerprint density at radius 2 is 1.68 bits per heavy atom. The van der Waals surface area contributed by atoms with E-state index in [4.69, 9.17) is 23.9 Å². The van der Waals surface area contributed by atoms with Gasteiger partial charge in [0.2, 0.25) is 5.91 Å². The summed E-state index contributed by atoms with van der Waals surface area (Å²) in [6.45, 7) is 8.29. The van der Waals surface area contributed by atoms with Gasteiger partial charge in [0.05, 0.1) is 36.7 Å². The summed E-state index contributed by atoms with van der Waals surface area (Å²) >= 11 is 0. The Kier molecular flexibility index (Phi) is 15.1. The number of hydrogen-bond donors (Lipinski definition) is 1. The minimum atomic E-state index is -0.439. The number of carbonyl (C=O) groups is 4. The van der Waals surface area contributed by atoms with Crippen molar-refractivity contribution in [1.29, 1.82) is 0 Å². The maximum Gasteiger partial charge on any atom is 0.412 e. The van der Waals surface area contributed by atoms with Crippen molar-refractivity contribution in [1.82, 2.24) is 14.7 Å². The van der Waals surface area contributed by atoms with Crippen LogP contribution in [0.2, 0.25) is 0 Å². The molecule has 3 aromatic carbocycles. The van der Waals surface area contributed by atoms with Gasteiger partial charge in [-0.2, -0.15) is 0 Å². The molecule has 1 N–H and O–H groups in total. The van der Waals surface area contributed by atoms with Crippen LogP contribution in [0.3, 0.4) is 0 Å². The lowest BCUT2D eigenvalue weighted by atomic mass is 9.68. The maximum atomic E-state index is 14.0. The van der Waals surface area contributed by atoms with Crippen LogP contribution in [0.1, 0.15) is 93.5 Å². The number of aryl methyl sites for hydroxylation is 1. The van der Waals surface area contributed by atoms with E-state index in [1.54, 1.807) is 36.3 Å². The van der Waals surface area contributed by atoms with Crippen LogP contribution in [-0.2, 0) is 14.3 Å². The highest BCUT2D eigenvalue weighted by Gasteiger charge is 2.66. The summed E-state index contributed by atoms with van der Waals surface area (Å²) in [6, 6.07) is 21.5. The number of nitrogens with one attached hydrogen (secondary N) is 1. The van der Waals surface area contributed by atoms with Gasteiger partial charge in [-0.25, -0.2) is 4.79 Å². The first kappa shape index (κ1) is 48.1. The Morgan fingerprint density at radius 3 is 2.49 bits per heavy atom. The number of likely N-dealkylation sites (tertiary alicyclic amines) is 1. The standard InChI is InChI=1S/C55H68N6O8/c1-4-67-48-19-12-11-17-45(48)61-51(56-43-16-10-9-15-42(43)53(61)64)36-58-29-31-59(32-30-58)52(63)37-68-40-24-22-39(23-25-40)46(62)18-8-6-5-7-13-28-60-49-20-14-27-55(49)35-41(34-50(55)60)69-54(65)57-44-33-38(2)21-26-47(44)66-3/h9-12,15-17,19,21-26,33,41-42,49-51H,4-8,13-14,18,20,27-32,34-37H2,1-3H3,(H,57,65). The molecular weight excluding hydrogens is 873 g/mol. The lowest BCUT2D eigenvalue weighted by molar-refractivity contribution is -0.135. The monoisotopic (exact) mass is 941 g/mol. The van der Waals surface area contributed by atoms with E-state index in [-0.39, 0.29) is 30.3 Å². The van der Waals surface area contributed by atoms with Crippen LogP contribution in [0.25, 0.3) is 0 Å². The zero-order valence-corrected chi connectivity index (χ0v) is 40.5. The number of unbranched alkanes of at least 4 members (excludes halogenated alkanes) is 4. The summed E-state index contributed by atoms with van der Waals surface area (Å²) in [4.78, 5) is 66.8. The maximum absolute atomic E-state index is 14.0. The zero-order valence-electron chi connectivity index (χ0n) is 40.5. The molecule has 3 heterocycles. The molecule has 3 aliphatic carbocycles. The van der Waals surface area contributed by atoms with Crippen LogP contribution in [-0.4, -0.2) is 128 Å². The zero-order chi connectivity index (χ0) is 47.9. The normalized spacial score (nSPS) is 25.0. The van der Waals surface area contributed by atoms with Crippen molar-refractivity contribution in [2.24, 2.45) is 16.3 Å². The fraction of sp³-hybridized carbons (Fsp3) is 0.509. The number of ether oxygens (including phenoxy) is 4. The van der Waals surface area contributed by atoms with Gasteiger partial charge in [-0.1, -0.05) is 62.1 Å². The van der Waals surface area contributed by atoms with Crippen molar-refractivity contribution in [2.45, 2.75) is 109 Å². The van der Waals surface area contributed by atoms with Gasteiger partial charge in [-0.05, 0) is 113 Å². The predicted molar refractivity (Wildman–Crippen MR) is 267 cm³/mol. The molecule has 3 amide bonds. The number of piperazine rings is 1. The first-order valence-corrected chi connectivity index (χ1v) is 25.3. The number of allylic oxidation sites excluding steroid dienone is 3. The quantitative estimate of drug-likeness (QED) is 0.0865. The summed E-state index contributed by atoms with van der Waals surface area (Å²) in [7, 11) is 1.60. The van der Waals surface area contributed by atoms with Crippen molar-refractivity contribution in [2.75, 3.05) is 69.8 Å². The highest BCUT2D eigenvalue weighted by Crippen LogP contribution is 2.63. The summed E-state index contributed by atoms with van der Waals surface area (Å²) in [5, 5.41) is 2.91. The molecule has 14 heteroatoms. The highest BCUT2D eigenvalue weighted by molar-refractivity contribution is 6.18. The van der Waals surface area contributed by atoms with Gasteiger partial charge >= 0.3 is 6.09 Å². The van der Waals surface area contributed by atoms with E-state index < -0.39 is 18.2 Å². The molecule has 0 aromatic heterocycles. The lowest BCUT2D eigenvalue weighted by Gasteiger charge is -2.58. The molecule has 6 atom stereocenters. The third-order valence-corrected chi connectivity index (χ3v) is 15.2. The van der Waals surface area contributed by atoms with Crippen molar-refractivity contribution in [3.63, 3.8) is 0 Å². The van der Waals surface area contributed by atoms with E-state index in [0.29, 0.717) is 97.4 Å². The number of methoxy groups -OCH3 is 1. The minimum Gasteiger partial charge on any atom is -0.495 e. The van der Waals surface area contributed by atoms with Crippen LogP contribution >= 0.6 is 0 Å². The van der Waals surface area contributed by atoms with E-state index >= 15 is 0 Å². The number of amides is 3. The molecule has 6 aliphatic rings. The van der Waals surface area contributed by atoms with Crippen LogP contribution in [0, 0.1) is 18.3 Å². The fourth-order valence-electron chi connectivity index (χ4n) is 11.9. The molecule has 1 spiro atoms. The smallest absolute Gasteiger partial charge is 0.412 e. The topological polar surface area (TPSA) is 143 Å². The number of Topliss-reactive ketones (excluding diaryl/α,β-unsaturated/α-hetero) is 1. The average Bonchev–Trinajstić information content (AvgIpc) is 3.87. The second-order valence-electron chi connectivity index (χ2n) is 19.5. The van der Waals surface area contributed by atoms with E-state index in [9.17, 15) is 19.2 Å². The van der Waals surface area contributed by atoms with E-state index in [0.717, 1.165) is 62.8 Å². The number of carbonyl (C=O) groups excluding carboxylic acids is 4. The van der Waals surface area contributed by atoms with Crippen LogP contribution in [0.5, 0.6) is 17.2 Å². The Balaban J connectivity index is 0.656. The summed E-state index contributed by atoms with van der Waals surface area (Å²) in [5.74, 6) is 1.40. The van der Waals surface area contributed by atoms with Gasteiger partial charge in [-0.3, -0.25) is 39.4 Å². The van der Waals surface area contributed by atoms with E-state index in [1.807, 2.05) is 85.5 Å². The molecule has 3 aromatic rings. The molecule has 3 aliphatic heterocycles. The number of aliphatic imine (C=N–C) groups is 1. The van der Waals surface area contributed by atoms with Gasteiger partial charge in [0.15, 0.2) is 12.4 Å². The Hall–Kier alpha value is -5.99. The van der Waals surface area contributed by atoms with Crippen molar-refractivity contribution in [3.05, 3.63) is 102 Å². The van der Waals surface area contributed by atoms with Gasteiger partial charge in [0.25, 0.3) is 5.91 Å². The van der Waals surface area contributed by atoms with Crippen molar-refractivity contribution >= 4 is 40.8 Å². The Morgan fingerprint density at radius 1 is 0.884 bits per heavy atom. The number of rotatable bonds is 20. The summed E-state index contributed by atoms with van der Waals surface area (Å²) < 4.78 is 23.3. The highest BCUT2D eigenvalue weighted by atomic mass is 16.6. The molecule has 14 nitrogen and oxygen atoms in total. The van der Waals surface area contributed by atoms with Crippen molar-refractivity contribution in [3.8, 4) is 17.2 Å². The van der Waals surface area contributed by atoms with E-state index in [1.165, 1.54) is 19.3 Å². The largest absolute Gasteiger partial charge is 0.495 e. The molecule has 4 fully saturated rings. The minimum absolute atomic E-state index is 0.0286. The molecule has 0 radical (unpaired) electrons. The SMILES string of the molecule is CCOc1ccccc1N1C(=O)C2C=CC=CC2=NC1CN1CCN(C(=O)COc2ccc(C(=O)CCCCCCCN3C4CCCC45CC(OC(=O)Nc4cc(C)ccc4OC)CC35)cc2)CC1. The molecule has 69 heavy (non-hydrogen) atoms. The molecule has 2 saturated heterocycles. The van der Waals surface area contributed by atoms with Crippen molar-refractivity contribution < 1.29 is 38.1 Å². The first-order chi connectivity index (χ1) is 33.6. The molecule has 9 rings (SSSR count). The molecular formula is C55H68N6O8. The second kappa shape index (κ2) is 21.8. The number of nitrogens with zero attached hydrogens (tertiary/aromatic N) is 5. The second-order valence-corrected chi connectivity index (χ2v) is 19.5. The predicted octanol–water partition coefficient (Wildman–Crippen LogP) is 8.64. The van der Waals surface area contributed by atoms with Crippen LogP contribution < -0.4 is 24.4 Å². The molecule has 0 bridgehead atoms. The van der Waals surface area contributed by atoms with E-state index in [2.05, 4.69) is 15.1 Å². The van der Waals surface area contributed by atoms with Gasteiger partial charge in [-0.15, -0.1) is 0 Å². The number of para-hydroxylation sites is 2. The number of anilines is 2. The number of benzene rings is 3. The average molecular weight is 941 g/mol. The fourth-order valence-corrected chi connectivity index (χ4v) is 11.9. The number of fused-ring (bicyclic) bond motifs is 1. The molecule has 2 saturated carbocycles. The Labute approximate surface area is 406 Å². The van der Waals surface area contributed by atoms with Gasteiger partial charge in [0.1, 0.15) is 29.5 Å². The molecule has 6 unspecified atom stereocenters.